The van der Waals surface area contributed by atoms with Crippen molar-refractivity contribution in [3.63, 3.8) is 0 Å². The summed E-state index contributed by atoms with van der Waals surface area (Å²) in [5, 5.41) is 8.18. The molecule has 0 aliphatic carbocycles. The molecule has 0 heterocycles. The number of hydrogen-bond donors (Lipinski definition) is 0. The fraction of sp³-hybridized carbons (Fsp3) is 0.0455. The molecular formula is C44H38HfSi. The zero-order chi connectivity index (χ0) is 31.4. The van der Waals surface area contributed by atoms with Gasteiger partial charge in [0, 0.05) is 0 Å². The maximum atomic E-state index is 2.89. The molecule has 0 fully saturated rings. The molecule has 8 rings (SSSR count). The van der Waals surface area contributed by atoms with E-state index in [-0.39, 0.29) is 25.8 Å². The van der Waals surface area contributed by atoms with Crippen molar-refractivity contribution in [3.8, 4) is 0 Å². The number of aryl methyl sites for hydroxylation is 2. The standard InChI is InChI=1S/C12H10Si.2C10H9.2C6H5.Hf/c1-3-7-11(8-4-1)13-12-9-5-2-6-10-12;2*1-8-6-9-4-2-3-5-10(9)7-8;2*1-2-4-6-5-3-1;/h1-10H;2*2-7H,1H3;2*1-5H;/q;4*-1;+4. The first-order valence-corrected chi connectivity index (χ1v) is 16.1. The summed E-state index contributed by atoms with van der Waals surface area (Å²) in [6.45, 7) is 4.25. The molecule has 0 nitrogen and oxygen atoms in total. The third-order valence-electron chi connectivity index (χ3n) is 6.58. The average molecular weight is 773 g/mol. The minimum Gasteiger partial charge on any atom is -0.184 e. The van der Waals surface area contributed by atoms with Gasteiger partial charge in [-0.1, -0.05) is 97.0 Å². The maximum Gasteiger partial charge on any atom is 4.00 e. The topological polar surface area (TPSA) is 0 Å². The Morgan fingerprint density at radius 2 is 0.739 bits per heavy atom. The summed E-state index contributed by atoms with van der Waals surface area (Å²) >= 11 is 0. The summed E-state index contributed by atoms with van der Waals surface area (Å²) in [6, 6.07) is 71.8. The van der Waals surface area contributed by atoms with Crippen molar-refractivity contribution in [2.24, 2.45) is 0 Å². The Bertz CT molecular complexity index is 1610. The second-order valence-corrected chi connectivity index (χ2v) is 11.7. The first-order valence-electron chi connectivity index (χ1n) is 15.1. The quantitative estimate of drug-likeness (QED) is 0.121. The first kappa shape index (κ1) is 36.1. The van der Waals surface area contributed by atoms with Crippen LogP contribution in [0.5, 0.6) is 0 Å². The van der Waals surface area contributed by atoms with Crippen LogP contribution in [0.25, 0.3) is 21.5 Å². The van der Waals surface area contributed by atoms with Crippen LogP contribution in [0.1, 0.15) is 11.1 Å². The van der Waals surface area contributed by atoms with E-state index in [2.05, 4.69) is 159 Å². The summed E-state index contributed by atoms with van der Waals surface area (Å²) < 4.78 is 0. The van der Waals surface area contributed by atoms with Crippen molar-refractivity contribution in [1.29, 1.82) is 0 Å². The van der Waals surface area contributed by atoms with E-state index < -0.39 is 0 Å². The number of hydrogen-bond acceptors (Lipinski definition) is 0. The third-order valence-corrected chi connectivity index (χ3v) is 7.82. The molecule has 2 radical (unpaired) electrons. The van der Waals surface area contributed by atoms with Gasteiger partial charge in [-0.3, -0.25) is 0 Å². The van der Waals surface area contributed by atoms with Crippen LogP contribution in [-0.4, -0.2) is 9.52 Å². The number of rotatable bonds is 2. The summed E-state index contributed by atoms with van der Waals surface area (Å²) in [5.74, 6) is 0. The van der Waals surface area contributed by atoms with Crippen LogP contribution < -0.4 is 10.4 Å². The Morgan fingerprint density at radius 1 is 0.413 bits per heavy atom. The number of fused-ring (bicyclic) bond motifs is 2. The molecule has 0 unspecified atom stereocenters. The van der Waals surface area contributed by atoms with E-state index in [9.17, 15) is 0 Å². The van der Waals surface area contributed by atoms with Gasteiger partial charge in [-0.15, -0.1) is 81.2 Å². The van der Waals surface area contributed by atoms with E-state index in [4.69, 9.17) is 0 Å². The summed E-state index contributed by atoms with van der Waals surface area (Å²) in [7, 11) is 0.777. The molecule has 0 amide bonds. The van der Waals surface area contributed by atoms with Crippen molar-refractivity contribution in [2.75, 3.05) is 0 Å². The molecule has 222 valence electrons. The summed E-state index contributed by atoms with van der Waals surface area (Å²) in [4.78, 5) is 0. The molecule has 2 heteroatoms. The Labute approximate surface area is 296 Å². The van der Waals surface area contributed by atoms with Crippen molar-refractivity contribution in [1.82, 2.24) is 0 Å². The molecule has 8 aromatic carbocycles. The predicted molar refractivity (Wildman–Crippen MR) is 197 cm³/mol. The van der Waals surface area contributed by atoms with Gasteiger partial charge in [0.1, 0.15) is 9.52 Å². The monoisotopic (exact) mass is 774 g/mol. The molecule has 46 heavy (non-hydrogen) atoms. The van der Waals surface area contributed by atoms with E-state index in [0.29, 0.717) is 0 Å². The average Bonchev–Trinajstić information content (AvgIpc) is 3.69. The van der Waals surface area contributed by atoms with Gasteiger partial charge in [0.15, 0.2) is 0 Å². The Balaban J connectivity index is 0.000000160. The van der Waals surface area contributed by atoms with E-state index in [1.54, 1.807) is 0 Å². The van der Waals surface area contributed by atoms with Gasteiger partial charge < -0.3 is 0 Å². The SMILES string of the molecule is Cc1cc2ccccc2[cH-]1.Cc1cc2ccccc2[cH-]1.[Hf+4].[c-]1ccccc1.[c-]1ccccc1.c1ccc([Si]c2ccccc2)cc1. The Hall–Kier alpha value is -4.37. The molecular weight excluding hydrogens is 735 g/mol. The van der Waals surface area contributed by atoms with E-state index in [1.807, 2.05) is 60.7 Å². The molecule has 0 aliphatic heterocycles. The van der Waals surface area contributed by atoms with Crippen LogP contribution in [0, 0.1) is 26.0 Å². The van der Waals surface area contributed by atoms with Gasteiger partial charge in [-0.2, -0.15) is 84.9 Å². The third kappa shape index (κ3) is 13.7. The molecule has 0 saturated heterocycles. The van der Waals surface area contributed by atoms with Gasteiger partial charge >= 0.3 is 25.8 Å². The Morgan fingerprint density at radius 3 is 1.04 bits per heavy atom. The zero-order valence-corrected chi connectivity index (χ0v) is 31.1. The smallest absolute Gasteiger partial charge is 0.184 e. The van der Waals surface area contributed by atoms with Crippen LogP contribution in [0.3, 0.4) is 0 Å². The number of benzene rings is 6. The summed E-state index contributed by atoms with van der Waals surface area (Å²) in [6.07, 6.45) is 0. The molecule has 8 aromatic rings. The van der Waals surface area contributed by atoms with Gasteiger partial charge in [0.2, 0.25) is 0 Å². The molecule has 0 atom stereocenters. The molecule has 0 saturated carbocycles. The maximum absolute atomic E-state index is 2.89. The minimum atomic E-state index is 0. The van der Waals surface area contributed by atoms with E-state index >= 15 is 0 Å². The van der Waals surface area contributed by atoms with Crippen molar-refractivity contribution >= 4 is 41.4 Å². The molecule has 0 aliphatic rings. The minimum absolute atomic E-state index is 0. The second kappa shape index (κ2) is 21.4. The van der Waals surface area contributed by atoms with Crippen LogP contribution >= 0.6 is 0 Å². The van der Waals surface area contributed by atoms with E-state index in [1.165, 1.54) is 43.0 Å². The largest absolute Gasteiger partial charge is 4.00 e. The normalized spacial score (nSPS) is 9.43. The van der Waals surface area contributed by atoms with Gasteiger partial charge in [0.05, 0.1) is 0 Å². The van der Waals surface area contributed by atoms with Gasteiger partial charge in [0.25, 0.3) is 0 Å². The molecule has 0 bridgehead atoms. The summed E-state index contributed by atoms with van der Waals surface area (Å²) in [5.41, 5.74) is 2.70. The van der Waals surface area contributed by atoms with Crippen LogP contribution in [0.15, 0.2) is 194 Å². The zero-order valence-electron chi connectivity index (χ0n) is 26.5. The van der Waals surface area contributed by atoms with Crippen LogP contribution in [0.4, 0.5) is 0 Å². The van der Waals surface area contributed by atoms with Crippen molar-refractivity contribution in [3.05, 3.63) is 217 Å². The van der Waals surface area contributed by atoms with Gasteiger partial charge in [-0.05, 0) is 0 Å². The fourth-order valence-corrected chi connectivity index (χ4v) is 5.56. The molecule has 0 spiro atoms. The molecule has 0 aromatic heterocycles. The Kier molecular flexibility index (Phi) is 16.8. The predicted octanol–water partition coefficient (Wildman–Crippen LogP) is 10.0. The van der Waals surface area contributed by atoms with Crippen molar-refractivity contribution < 1.29 is 25.8 Å². The van der Waals surface area contributed by atoms with E-state index in [0.717, 1.165) is 9.52 Å². The second-order valence-electron chi connectivity index (χ2n) is 10.3. The van der Waals surface area contributed by atoms with Crippen molar-refractivity contribution in [2.45, 2.75) is 13.8 Å². The van der Waals surface area contributed by atoms with Crippen LogP contribution in [-0.2, 0) is 25.8 Å². The first-order chi connectivity index (χ1) is 22.2. The van der Waals surface area contributed by atoms with Gasteiger partial charge in [-0.25, -0.2) is 0 Å². The fourth-order valence-electron chi connectivity index (χ4n) is 4.51. The van der Waals surface area contributed by atoms with Crippen LogP contribution in [0.2, 0.25) is 0 Å². The molecule has 0 N–H and O–H groups in total.